The summed E-state index contributed by atoms with van der Waals surface area (Å²) in [6, 6.07) is -0.0797. The van der Waals surface area contributed by atoms with Crippen molar-refractivity contribution in [1.82, 2.24) is 10.2 Å². The molecule has 0 bridgehead atoms. The number of nitrogens with zero attached hydrogens (tertiary/aromatic N) is 1. The van der Waals surface area contributed by atoms with Crippen LogP contribution in [0.2, 0.25) is 0 Å². The zero-order valence-electron chi connectivity index (χ0n) is 9.74. The predicted molar refractivity (Wildman–Crippen MR) is 60.1 cm³/mol. The maximum Gasteiger partial charge on any atom is 0.304 e. The van der Waals surface area contributed by atoms with Gasteiger partial charge in [0.05, 0.1) is 6.42 Å². The Hall–Kier alpha value is -1.10. The number of carbonyl (C=O) groups is 2. The number of rotatable bonds is 6. The number of aliphatic carboxylic acids is 1. The Labute approximate surface area is 95.8 Å². The summed E-state index contributed by atoms with van der Waals surface area (Å²) in [4.78, 5) is 23.9. The van der Waals surface area contributed by atoms with Crippen LogP contribution in [0.5, 0.6) is 0 Å². The molecule has 0 aromatic heterocycles. The molecule has 0 saturated carbocycles. The quantitative estimate of drug-likeness (QED) is 0.692. The Bertz CT molecular complexity index is 250. The molecule has 0 aromatic rings. The molecule has 1 heterocycles. The lowest BCUT2D eigenvalue weighted by atomic mass is 10.2. The van der Waals surface area contributed by atoms with Crippen LogP contribution < -0.4 is 5.32 Å². The molecule has 1 aliphatic rings. The minimum atomic E-state index is -0.814. The molecule has 0 spiro atoms. The molecule has 1 unspecified atom stereocenters. The van der Waals surface area contributed by atoms with Gasteiger partial charge in [-0.2, -0.15) is 0 Å². The Morgan fingerprint density at radius 2 is 2.00 bits per heavy atom. The van der Waals surface area contributed by atoms with E-state index in [1.807, 2.05) is 11.8 Å². The fourth-order valence-electron chi connectivity index (χ4n) is 1.88. The lowest BCUT2D eigenvalue weighted by Crippen LogP contribution is -2.34. The summed E-state index contributed by atoms with van der Waals surface area (Å²) in [7, 11) is 0. The molecule has 1 saturated heterocycles. The summed E-state index contributed by atoms with van der Waals surface area (Å²) in [5.41, 5.74) is 0. The zero-order valence-corrected chi connectivity index (χ0v) is 9.74. The minimum Gasteiger partial charge on any atom is -0.481 e. The molecule has 0 aromatic carbocycles. The van der Waals surface area contributed by atoms with E-state index in [2.05, 4.69) is 5.32 Å². The van der Waals surface area contributed by atoms with Gasteiger partial charge in [0.25, 0.3) is 0 Å². The maximum absolute atomic E-state index is 11.6. The molecule has 5 nitrogen and oxygen atoms in total. The second-order valence-corrected chi connectivity index (χ2v) is 4.29. The van der Waals surface area contributed by atoms with E-state index < -0.39 is 5.97 Å². The highest BCUT2D eigenvalue weighted by atomic mass is 16.4. The summed E-state index contributed by atoms with van der Waals surface area (Å²) in [5, 5.41) is 11.6. The third-order valence-electron chi connectivity index (χ3n) is 2.77. The number of hydrogen-bond acceptors (Lipinski definition) is 3. The van der Waals surface area contributed by atoms with Crippen molar-refractivity contribution >= 4 is 11.9 Å². The normalized spacial score (nSPS) is 17.4. The van der Waals surface area contributed by atoms with Crippen LogP contribution >= 0.6 is 0 Å². The molecule has 92 valence electrons. The van der Waals surface area contributed by atoms with Crippen LogP contribution in [0, 0.1) is 0 Å². The number of carbonyl (C=O) groups excluding carboxylic acids is 1. The van der Waals surface area contributed by atoms with Gasteiger partial charge in [0.15, 0.2) is 0 Å². The number of carboxylic acid groups (broad SMARTS) is 1. The first-order chi connectivity index (χ1) is 7.59. The molecule has 16 heavy (non-hydrogen) atoms. The molecule has 1 atom stereocenters. The van der Waals surface area contributed by atoms with E-state index in [9.17, 15) is 9.59 Å². The van der Waals surface area contributed by atoms with E-state index >= 15 is 0 Å². The molecule has 1 amide bonds. The van der Waals surface area contributed by atoms with Crippen LogP contribution in [0.15, 0.2) is 0 Å². The number of nitrogens with one attached hydrogen (secondary N) is 1. The number of carboxylic acids is 1. The Morgan fingerprint density at radius 3 is 2.56 bits per heavy atom. The third-order valence-corrected chi connectivity index (χ3v) is 2.77. The summed E-state index contributed by atoms with van der Waals surface area (Å²) in [6.07, 6.45) is 2.77. The van der Waals surface area contributed by atoms with Gasteiger partial charge < -0.3 is 15.3 Å². The Kier molecular flexibility index (Phi) is 5.25. The van der Waals surface area contributed by atoms with Crippen molar-refractivity contribution in [3.63, 3.8) is 0 Å². The maximum atomic E-state index is 11.6. The first-order valence-electron chi connectivity index (χ1n) is 5.82. The second-order valence-electron chi connectivity index (χ2n) is 4.29. The third kappa shape index (κ3) is 4.61. The van der Waals surface area contributed by atoms with Crippen molar-refractivity contribution in [2.45, 2.75) is 38.6 Å². The molecule has 1 aliphatic heterocycles. The van der Waals surface area contributed by atoms with Crippen LogP contribution in [0.3, 0.4) is 0 Å². The largest absolute Gasteiger partial charge is 0.481 e. The highest BCUT2D eigenvalue weighted by Crippen LogP contribution is 2.08. The van der Waals surface area contributed by atoms with Crippen LogP contribution in [0.1, 0.15) is 32.6 Å². The van der Waals surface area contributed by atoms with Gasteiger partial charge in [-0.15, -0.1) is 0 Å². The monoisotopic (exact) mass is 228 g/mol. The summed E-state index contributed by atoms with van der Waals surface area (Å²) in [5.74, 6) is -0.640. The number of hydrogen-bond donors (Lipinski definition) is 2. The number of likely N-dealkylation sites (tertiary alicyclic amines) is 1. The zero-order chi connectivity index (χ0) is 12.0. The molecule has 1 rings (SSSR count). The van der Waals surface area contributed by atoms with E-state index in [-0.39, 0.29) is 18.4 Å². The highest BCUT2D eigenvalue weighted by Gasteiger charge is 2.17. The lowest BCUT2D eigenvalue weighted by Gasteiger charge is -2.16. The lowest BCUT2D eigenvalue weighted by molar-refractivity contribution is -0.137. The van der Waals surface area contributed by atoms with Gasteiger partial charge >= 0.3 is 5.97 Å². The molecule has 0 radical (unpaired) electrons. The fraction of sp³-hybridized carbons (Fsp3) is 0.818. The predicted octanol–water partition coefficient (Wildman–Crippen LogP) is 0.452. The van der Waals surface area contributed by atoms with E-state index in [0.717, 1.165) is 25.9 Å². The molecule has 2 N–H and O–H groups in total. The number of amides is 1. The molecule has 5 heteroatoms. The van der Waals surface area contributed by atoms with E-state index in [1.165, 1.54) is 0 Å². The van der Waals surface area contributed by atoms with Crippen molar-refractivity contribution in [1.29, 1.82) is 0 Å². The van der Waals surface area contributed by atoms with Crippen molar-refractivity contribution in [2.24, 2.45) is 0 Å². The van der Waals surface area contributed by atoms with Gasteiger partial charge in [-0.3, -0.25) is 9.59 Å². The van der Waals surface area contributed by atoms with Crippen molar-refractivity contribution < 1.29 is 14.7 Å². The van der Waals surface area contributed by atoms with Gasteiger partial charge in [0, 0.05) is 32.1 Å². The minimum absolute atomic E-state index is 0.0797. The fourth-order valence-corrected chi connectivity index (χ4v) is 1.88. The van der Waals surface area contributed by atoms with Crippen LogP contribution in [-0.4, -0.2) is 47.6 Å². The smallest absolute Gasteiger partial charge is 0.304 e. The van der Waals surface area contributed by atoms with Gasteiger partial charge in [0.2, 0.25) is 5.91 Å². The molecular formula is C11H20N2O3. The van der Waals surface area contributed by atoms with Crippen LogP contribution in [0.4, 0.5) is 0 Å². The molecule has 1 fully saturated rings. The Morgan fingerprint density at radius 1 is 1.38 bits per heavy atom. The van der Waals surface area contributed by atoms with Gasteiger partial charge in [-0.05, 0) is 19.8 Å². The average molecular weight is 228 g/mol. The molecular weight excluding hydrogens is 208 g/mol. The topological polar surface area (TPSA) is 69.6 Å². The van der Waals surface area contributed by atoms with Crippen molar-refractivity contribution in [3.05, 3.63) is 0 Å². The van der Waals surface area contributed by atoms with Crippen LogP contribution in [-0.2, 0) is 9.59 Å². The standard InChI is InChI=1S/C11H20N2O3/c1-9(8-11(15)16)12-5-4-10(14)13-6-2-3-7-13/h9,12H,2-8H2,1H3,(H,15,16). The van der Waals surface area contributed by atoms with E-state index in [4.69, 9.17) is 5.11 Å². The second kappa shape index (κ2) is 6.48. The molecule has 0 aliphatic carbocycles. The SMILES string of the molecule is CC(CC(=O)O)NCCC(=O)N1CCCC1. The van der Waals surface area contributed by atoms with Gasteiger partial charge in [-0.25, -0.2) is 0 Å². The summed E-state index contributed by atoms with van der Waals surface area (Å²) in [6.45, 7) is 4.13. The Balaban J connectivity index is 2.10. The average Bonchev–Trinajstić information content (AvgIpc) is 2.68. The van der Waals surface area contributed by atoms with E-state index in [1.54, 1.807) is 0 Å². The summed E-state index contributed by atoms with van der Waals surface area (Å²) < 4.78 is 0. The van der Waals surface area contributed by atoms with Gasteiger partial charge in [0.1, 0.15) is 0 Å². The first-order valence-corrected chi connectivity index (χ1v) is 5.82. The van der Waals surface area contributed by atoms with Crippen LogP contribution in [0.25, 0.3) is 0 Å². The first kappa shape index (κ1) is 13.0. The summed E-state index contributed by atoms with van der Waals surface area (Å²) >= 11 is 0. The van der Waals surface area contributed by atoms with Crippen molar-refractivity contribution in [2.75, 3.05) is 19.6 Å². The van der Waals surface area contributed by atoms with E-state index in [0.29, 0.717) is 13.0 Å². The van der Waals surface area contributed by atoms with Crippen molar-refractivity contribution in [3.8, 4) is 0 Å². The highest BCUT2D eigenvalue weighted by molar-refractivity contribution is 5.76. The van der Waals surface area contributed by atoms with Gasteiger partial charge in [-0.1, -0.05) is 0 Å².